The lowest BCUT2D eigenvalue weighted by molar-refractivity contribution is -0.118. The minimum atomic E-state index is -0.399. The van der Waals surface area contributed by atoms with Crippen LogP contribution in [-0.4, -0.2) is 23.6 Å². The molecular formula is C18H13BrClN3O3S. The van der Waals surface area contributed by atoms with Crippen molar-refractivity contribution in [3.05, 3.63) is 62.4 Å². The van der Waals surface area contributed by atoms with Gasteiger partial charge in [-0.05, 0) is 60.3 Å². The van der Waals surface area contributed by atoms with E-state index in [9.17, 15) is 9.59 Å². The lowest BCUT2D eigenvalue weighted by atomic mass is 10.2. The predicted octanol–water partition coefficient (Wildman–Crippen LogP) is 4.05. The molecule has 6 nitrogen and oxygen atoms in total. The molecule has 2 aromatic carbocycles. The molecule has 0 saturated carbocycles. The number of rotatable bonds is 5. The third kappa shape index (κ3) is 5.35. The SMILES string of the molecule is NC1=NC(=O)/C(=C\c2cc(Br)ccc2OCC(=O)Nc2ccc(Cl)cc2)S1. The number of carbonyl (C=O) groups excluding carboxylic acids is 2. The van der Waals surface area contributed by atoms with E-state index in [4.69, 9.17) is 22.1 Å². The molecule has 0 fully saturated rings. The van der Waals surface area contributed by atoms with Gasteiger partial charge in [0.2, 0.25) is 0 Å². The maximum Gasteiger partial charge on any atom is 0.286 e. The highest BCUT2D eigenvalue weighted by Crippen LogP contribution is 2.31. The molecule has 0 spiro atoms. The monoisotopic (exact) mass is 465 g/mol. The number of halogens is 2. The number of amidine groups is 1. The minimum absolute atomic E-state index is 0.194. The van der Waals surface area contributed by atoms with Gasteiger partial charge in [-0.15, -0.1) is 0 Å². The number of ether oxygens (including phenoxy) is 1. The van der Waals surface area contributed by atoms with Gasteiger partial charge in [0.15, 0.2) is 11.8 Å². The number of hydrogen-bond donors (Lipinski definition) is 2. The molecule has 138 valence electrons. The Bertz CT molecular complexity index is 961. The van der Waals surface area contributed by atoms with Gasteiger partial charge in [0.1, 0.15) is 5.75 Å². The van der Waals surface area contributed by atoms with Crippen LogP contribution >= 0.6 is 39.3 Å². The Labute approximate surface area is 172 Å². The van der Waals surface area contributed by atoms with Crippen molar-refractivity contribution in [1.29, 1.82) is 0 Å². The summed E-state index contributed by atoms with van der Waals surface area (Å²) < 4.78 is 6.43. The normalized spacial score (nSPS) is 15.0. The molecule has 1 aliphatic rings. The van der Waals surface area contributed by atoms with Gasteiger partial charge < -0.3 is 15.8 Å². The minimum Gasteiger partial charge on any atom is -0.483 e. The van der Waals surface area contributed by atoms with E-state index in [1.165, 1.54) is 0 Å². The van der Waals surface area contributed by atoms with Gasteiger partial charge in [-0.3, -0.25) is 9.59 Å². The molecule has 1 heterocycles. The van der Waals surface area contributed by atoms with Crippen LogP contribution in [-0.2, 0) is 9.59 Å². The zero-order chi connectivity index (χ0) is 19.4. The molecule has 0 aliphatic carbocycles. The van der Waals surface area contributed by atoms with Gasteiger partial charge in [0, 0.05) is 20.7 Å². The van der Waals surface area contributed by atoms with Crippen molar-refractivity contribution in [2.24, 2.45) is 10.7 Å². The van der Waals surface area contributed by atoms with E-state index in [-0.39, 0.29) is 17.7 Å². The largest absolute Gasteiger partial charge is 0.483 e. The number of benzene rings is 2. The Morgan fingerprint density at radius 2 is 2.04 bits per heavy atom. The van der Waals surface area contributed by atoms with Crippen molar-refractivity contribution in [2.75, 3.05) is 11.9 Å². The average molecular weight is 467 g/mol. The highest BCUT2D eigenvalue weighted by atomic mass is 79.9. The summed E-state index contributed by atoms with van der Waals surface area (Å²) >= 11 is 10.3. The maximum atomic E-state index is 12.1. The number of thioether (sulfide) groups is 1. The van der Waals surface area contributed by atoms with Crippen LogP contribution in [0.3, 0.4) is 0 Å². The number of amides is 2. The molecule has 0 atom stereocenters. The molecule has 0 unspecified atom stereocenters. The number of aliphatic imine (C=N–C) groups is 1. The highest BCUT2D eigenvalue weighted by molar-refractivity contribution is 9.10. The maximum absolute atomic E-state index is 12.1. The van der Waals surface area contributed by atoms with E-state index >= 15 is 0 Å². The first-order valence-electron chi connectivity index (χ1n) is 7.66. The highest BCUT2D eigenvalue weighted by Gasteiger charge is 2.20. The second-order valence-corrected chi connectivity index (χ2v) is 7.81. The van der Waals surface area contributed by atoms with Crippen LogP contribution in [0, 0.1) is 0 Å². The zero-order valence-electron chi connectivity index (χ0n) is 13.7. The molecule has 3 N–H and O–H groups in total. The summed E-state index contributed by atoms with van der Waals surface area (Å²) in [5, 5.41) is 3.50. The fourth-order valence-corrected chi connectivity index (χ4v) is 3.38. The van der Waals surface area contributed by atoms with E-state index in [1.807, 2.05) is 0 Å². The lowest BCUT2D eigenvalue weighted by Crippen LogP contribution is -2.20. The van der Waals surface area contributed by atoms with Crippen LogP contribution in [0.1, 0.15) is 5.56 Å². The summed E-state index contributed by atoms with van der Waals surface area (Å²) in [5.41, 5.74) is 6.81. The third-order valence-corrected chi connectivity index (χ3v) is 4.94. The molecule has 0 bridgehead atoms. The van der Waals surface area contributed by atoms with Crippen LogP contribution < -0.4 is 15.8 Å². The quantitative estimate of drug-likeness (QED) is 0.648. The second kappa shape index (κ2) is 8.60. The Morgan fingerprint density at radius 1 is 1.30 bits per heavy atom. The molecule has 2 aromatic rings. The van der Waals surface area contributed by atoms with Crippen molar-refractivity contribution in [1.82, 2.24) is 0 Å². The van der Waals surface area contributed by atoms with Crippen LogP contribution in [0.5, 0.6) is 5.75 Å². The Morgan fingerprint density at radius 3 is 2.70 bits per heavy atom. The molecule has 0 radical (unpaired) electrons. The van der Waals surface area contributed by atoms with E-state index in [1.54, 1.807) is 48.5 Å². The van der Waals surface area contributed by atoms with E-state index < -0.39 is 5.91 Å². The van der Waals surface area contributed by atoms with E-state index in [0.29, 0.717) is 26.9 Å². The summed E-state index contributed by atoms with van der Waals surface area (Å²) in [6.45, 7) is -0.194. The van der Waals surface area contributed by atoms with Crippen molar-refractivity contribution >= 4 is 68.0 Å². The average Bonchev–Trinajstić information content (AvgIpc) is 2.93. The fraction of sp³-hybridized carbons (Fsp3) is 0.0556. The Kier molecular flexibility index (Phi) is 6.20. The Balaban J connectivity index is 1.70. The lowest BCUT2D eigenvalue weighted by Gasteiger charge is -2.11. The number of nitrogens with two attached hydrogens (primary N) is 1. The first-order chi connectivity index (χ1) is 12.9. The molecule has 9 heteroatoms. The number of nitrogens with zero attached hydrogens (tertiary/aromatic N) is 1. The molecule has 1 aliphatic heterocycles. The standard InChI is InChI=1S/C18H13BrClN3O3S/c19-11-1-6-14(10(7-11)8-15-17(25)23-18(21)27-15)26-9-16(24)22-13-4-2-12(20)3-5-13/h1-8H,9H2,(H,22,24)(H2,21,23,25)/b15-8+. The summed E-state index contributed by atoms with van der Waals surface area (Å²) in [6, 6.07) is 12.0. The third-order valence-electron chi connectivity index (χ3n) is 3.38. The predicted molar refractivity (Wildman–Crippen MR) is 112 cm³/mol. The van der Waals surface area contributed by atoms with Crippen molar-refractivity contribution in [3.63, 3.8) is 0 Å². The number of hydrogen-bond acceptors (Lipinski definition) is 5. The van der Waals surface area contributed by atoms with Crippen molar-refractivity contribution in [2.45, 2.75) is 0 Å². The second-order valence-electron chi connectivity index (χ2n) is 5.39. The van der Waals surface area contributed by atoms with Gasteiger partial charge in [-0.25, -0.2) is 0 Å². The van der Waals surface area contributed by atoms with Crippen LogP contribution in [0.25, 0.3) is 6.08 Å². The number of anilines is 1. The fourth-order valence-electron chi connectivity index (χ4n) is 2.20. The van der Waals surface area contributed by atoms with Gasteiger partial charge in [-0.1, -0.05) is 27.5 Å². The van der Waals surface area contributed by atoms with E-state index in [0.717, 1.165) is 16.2 Å². The van der Waals surface area contributed by atoms with Crippen molar-refractivity contribution in [3.8, 4) is 5.75 Å². The summed E-state index contributed by atoms with van der Waals surface area (Å²) in [5.74, 6) is -0.266. The van der Waals surface area contributed by atoms with Gasteiger partial charge in [-0.2, -0.15) is 4.99 Å². The zero-order valence-corrected chi connectivity index (χ0v) is 16.9. The van der Waals surface area contributed by atoms with Crippen LogP contribution in [0.15, 0.2) is 56.8 Å². The first-order valence-corrected chi connectivity index (χ1v) is 9.65. The molecule has 2 amide bonds. The van der Waals surface area contributed by atoms with Gasteiger partial charge in [0.05, 0.1) is 4.91 Å². The number of nitrogens with one attached hydrogen (secondary N) is 1. The smallest absolute Gasteiger partial charge is 0.286 e. The topological polar surface area (TPSA) is 93.8 Å². The number of carbonyl (C=O) groups is 2. The van der Waals surface area contributed by atoms with Gasteiger partial charge >= 0.3 is 0 Å². The molecule has 27 heavy (non-hydrogen) atoms. The molecular weight excluding hydrogens is 454 g/mol. The van der Waals surface area contributed by atoms with Crippen LogP contribution in [0.4, 0.5) is 5.69 Å². The molecule has 0 aromatic heterocycles. The first kappa shape index (κ1) is 19.5. The summed E-state index contributed by atoms with van der Waals surface area (Å²) in [6.07, 6.45) is 1.63. The molecule has 0 saturated heterocycles. The Hall–Kier alpha value is -2.29. The summed E-state index contributed by atoms with van der Waals surface area (Å²) in [7, 11) is 0. The van der Waals surface area contributed by atoms with Crippen molar-refractivity contribution < 1.29 is 14.3 Å². The van der Waals surface area contributed by atoms with E-state index in [2.05, 4.69) is 26.2 Å². The molecule has 3 rings (SSSR count). The van der Waals surface area contributed by atoms with Gasteiger partial charge in [0.25, 0.3) is 11.8 Å². The summed E-state index contributed by atoms with van der Waals surface area (Å²) in [4.78, 5) is 28.0. The van der Waals surface area contributed by atoms with Crippen LogP contribution in [0.2, 0.25) is 5.02 Å².